The highest BCUT2D eigenvalue weighted by atomic mass is 16.6. The van der Waals surface area contributed by atoms with Crippen LogP contribution in [0.25, 0.3) is 0 Å². The fraction of sp³-hybridized carbons (Fsp3) is 0.818. The Balaban J connectivity index is 2.56. The first-order valence-corrected chi connectivity index (χ1v) is 5.12. The minimum absolute atomic E-state index is 0.121. The SMILES string of the molecule is CC(C)(C)OC(=O)C1CCCC1C=O. The number of carbonyl (C=O) groups is 2. The van der Waals surface area contributed by atoms with Crippen LogP contribution in [0.15, 0.2) is 0 Å². The topological polar surface area (TPSA) is 43.4 Å². The molecule has 0 amide bonds. The summed E-state index contributed by atoms with van der Waals surface area (Å²) < 4.78 is 5.26. The zero-order valence-electron chi connectivity index (χ0n) is 9.08. The molecule has 14 heavy (non-hydrogen) atoms. The van der Waals surface area contributed by atoms with Crippen molar-refractivity contribution in [1.29, 1.82) is 0 Å². The summed E-state index contributed by atoms with van der Waals surface area (Å²) in [5.41, 5.74) is -0.451. The van der Waals surface area contributed by atoms with E-state index in [9.17, 15) is 9.59 Å². The second-order valence-electron chi connectivity index (χ2n) is 4.87. The molecule has 0 N–H and O–H groups in total. The highest BCUT2D eigenvalue weighted by Gasteiger charge is 2.35. The largest absolute Gasteiger partial charge is 0.460 e. The molecule has 0 radical (unpaired) electrons. The average molecular weight is 198 g/mol. The highest BCUT2D eigenvalue weighted by Crippen LogP contribution is 2.32. The van der Waals surface area contributed by atoms with Crippen LogP contribution in [0.5, 0.6) is 0 Å². The molecule has 1 saturated carbocycles. The zero-order chi connectivity index (χ0) is 10.8. The molecule has 0 spiro atoms. The van der Waals surface area contributed by atoms with Gasteiger partial charge in [0.1, 0.15) is 11.9 Å². The molecule has 80 valence electrons. The van der Waals surface area contributed by atoms with Gasteiger partial charge < -0.3 is 9.53 Å². The van der Waals surface area contributed by atoms with Crippen LogP contribution in [-0.2, 0) is 14.3 Å². The lowest BCUT2D eigenvalue weighted by atomic mass is 9.97. The standard InChI is InChI=1S/C11H18O3/c1-11(2,3)14-10(13)9-6-4-5-8(9)7-12/h7-9H,4-6H2,1-3H3. The molecule has 0 heterocycles. The molecule has 2 unspecified atom stereocenters. The lowest BCUT2D eigenvalue weighted by Crippen LogP contribution is -2.30. The van der Waals surface area contributed by atoms with E-state index < -0.39 is 5.60 Å². The van der Waals surface area contributed by atoms with E-state index in [2.05, 4.69) is 0 Å². The third-order valence-corrected chi connectivity index (χ3v) is 2.45. The van der Waals surface area contributed by atoms with Gasteiger partial charge in [-0.2, -0.15) is 0 Å². The second kappa shape index (κ2) is 4.11. The Hall–Kier alpha value is -0.860. The molecule has 0 bridgehead atoms. The van der Waals surface area contributed by atoms with Gasteiger partial charge in [-0.05, 0) is 33.6 Å². The van der Waals surface area contributed by atoms with Crippen LogP contribution in [0.2, 0.25) is 0 Å². The molecular formula is C11H18O3. The molecule has 1 fully saturated rings. The monoisotopic (exact) mass is 198 g/mol. The van der Waals surface area contributed by atoms with E-state index >= 15 is 0 Å². The van der Waals surface area contributed by atoms with E-state index in [1.165, 1.54) is 0 Å². The molecular weight excluding hydrogens is 180 g/mol. The summed E-state index contributed by atoms with van der Waals surface area (Å²) in [6, 6.07) is 0. The van der Waals surface area contributed by atoms with Gasteiger partial charge in [-0.25, -0.2) is 0 Å². The van der Waals surface area contributed by atoms with Crippen molar-refractivity contribution in [1.82, 2.24) is 0 Å². The lowest BCUT2D eigenvalue weighted by molar-refractivity contribution is -0.161. The van der Waals surface area contributed by atoms with Crippen molar-refractivity contribution in [2.45, 2.75) is 45.6 Å². The van der Waals surface area contributed by atoms with Gasteiger partial charge in [0, 0.05) is 5.92 Å². The van der Waals surface area contributed by atoms with Gasteiger partial charge >= 0.3 is 5.97 Å². The Morgan fingerprint density at radius 2 is 2.00 bits per heavy atom. The van der Waals surface area contributed by atoms with Crippen LogP contribution in [0, 0.1) is 11.8 Å². The maximum absolute atomic E-state index is 11.6. The number of ether oxygens (including phenoxy) is 1. The van der Waals surface area contributed by atoms with Crippen molar-refractivity contribution in [3.8, 4) is 0 Å². The third kappa shape index (κ3) is 2.82. The summed E-state index contributed by atoms with van der Waals surface area (Å²) in [5.74, 6) is -0.538. The van der Waals surface area contributed by atoms with Gasteiger partial charge in [-0.15, -0.1) is 0 Å². The first kappa shape index (κ1) is 11.2. The van der Waals surface area contributed by atoms with Crippen LogP contribution in [-0.4, -0.2) is 17.9 Å². The minimum atomic E-state index is -0.451. The number of hydrogen-bond acceptors (Lipinski definition) is 3. The fourth-order valence-corrected chi connectivity index (χ4v) is 1.82. The van der Waals surface area contributed by atoms with Gasteiger partial charge in [-0.3, -0.25) is 4.79 Å². The Morgan fingerprint density at radius 1 is 1.36 bits per heavy atom. The van der Waals surface area contributed by atoms with Gasteiger partial charge in [0.2, 0.25) is 0 Å². The quantitative estimate of drug-likeness (QED) is 0.503. The van der Waals surface area contributed by atoms with Gasteiger partial charge in [0.15, 0.2) is 0 Å². The van der Waals surface area contributed by atoms with Crippen LogP contribution >= 0.6 is 0 Å². The number of aldehydes is 1. The van der Waals surface area contributed by atoms with E-state index in [4.69, 9.17) is 4.74 Å². The molecule has 3 nitrogen and oxygen atoms in total. The number of rotatable bonds is 2. The number of hydrogen-bond donors (Lipinski definition) is 0. The van der Waals surface area contributed by atoms with Crippen molar-refractivity contribution in [3.63, 3.8) is 0 Å². The Bertz CT molecular complexity index is 227. The van der Waals surface area contributed by atoms with E-state index in [1.807, 2.05) is 20.8 Å². The predicted octanol–water partition coefficient (Wildman–Crippen LogP) is 1.94. The maximum Gasteiger partial charge on any atom is 0.310 e. The molecule has 0 aromatic rings. The van der Waals surface area contributed by atoms with Crippen molar-refractivity contribution in [2.24, 2.45) is 11.8 Å². The third-order valence-electron chi connectivity index (χ3n) is 2.45. The highest BCUT2D eigenvalue weighted by molar-refractivity contribution is 5.77. The fourth-order valence-electron chi connectivity index (χ4n) is 1.82. The Kier molecular flexibility index (Phi) is 3.29. The van der Waals surface area contributed by atoms with Crippen molar-refractivity contribution in [2.75, 3.05) is 0 Å². The molecule has 1 aliphatic rings. The Labute approximate surface area is 84.8 Å². The predicted molar refractivity (Wildman–Crippen MR) is 52.7 cm³/mol. The number of carbonyl (C=O) groups excluding carboxylic acids is 2. The maximum atomic E-state index is 11.6. The summed E-state index contributed by atoms with van der Waals surface area (Å²) in [7, 11) is 0. The summed E-state index contributed by atoms with van der Waals surface area (Å²) in [4.78, 5) is 22.3. The molecule has 2 atom stereocenters. The van der Waals surface area contributed by atoms with Crippen molar-refractivity contribution < 1.29 is 14.3 Å². The van der Waals surface area contributed by atoms with Crippen LogP contribution in [0.4, 0.5) is 0 Å². The Morgan fingerprint density at radius 3 is 2.50 bits per heavy atom. The molecule has 0 aromatic carbocycles. The summed E-state index contributed by atoms with van der Waals surface area (Å²) in [6.45, 7) is 5.53. The zero-order valence-corrected chi connectivity index (χ0v) is 9.08. The molecule has 1 aliphatic carbocycles. The lowest BCUT2D eigenvalue weighted by Gasteiger charge is -2.23. The average Bonchev–Trinajstić information content (AvgIpc) is 2.47. The van der Waals surface area contributed by atoms with E-state index in [1.54, 1.807) is 0 Å². The van der Waals surface area contributed by atoms with E-state index in [0.29, 0.717) is 0 Å². The first-order chi connectivity index (χ1) is 6.44. The summed E-state index contributed by atoms with van der Waals surface area (Å²) in [5, 5.41) is 0. The van der Waals surface area contributed by atoms with E-state index in [-0.39, 0.29) is 17.8 Å². The van der Waals surface area contributed by atoms with Crippen LogP contribution < -0.4 is 0 Å². The number of esters is 1. The van der Waals surface area contributed by atoms with Crippen molar-refractivity contribution >= 4 is 12.3 Å². The van der Waals surface area contributed by atoms with Gasteiger partial charge in [-0.1, -0.05) is 6.42 Å². The molecule has 0 saturated heterocycles. The molecule has 1 rings (SSSR count). The smallest absolute Gasteiger partial charge is 0.310 e. The van der Waals surface area contributed by atoms with Crippen molar-refractivity contribution in [3.05, 3.63) is 0 Å². The van der Waals surface area contributed by atoms with E-state index in [0.717, 1.165) is 25.5 Å². The molecule has 0 aromatic heterocycles. The summed E-state index contributed by atoms with van der Waals surface area (Å²) >= 11 is 0. The summed E-state index contributed by atoms with van der Waals surface area (Å²) in [6.07, 6.45) is 3.46. The van der Waals surface area contributed by atoms with Crippen LogP contribution in [0.3, 0.4) is 0 Å². The minimum Gasteiger partial charge on any atom is -0.460 e. The second-order valence-corrected chi connectivity index (χ2v) is 4.87. The van der Waals surface area contributed by atoms with Crippen LogP contribution in [0.1, 0.15) is 40.0 Å². The van der Waals surface area contributed by atoms with Gasteiger partial charge in [0.05, 0.1) is 5.92 Å². The molecule has 0 aliphatic heterocycles. The van der Waals surface area contributed by atoms with Gasteiger partial charge in [0.25, 0.3) is 0 Å². The normalized spacial score (nSPS) is 27.4. The first-order valence-electron chi connectivity index (χ1n) is 5.12. The molecule has 3 heteroatoms.